The number of likely N-dealkylation sites (N-methyl/N-ethyl adjacent to an activating group) is 1. The molecule has 5 aromatic rings. The fourth-order valence-electron chi connectivity index (χ4n) is 13.7. The van der Waals surface area contributed by atoms with Gasteiger partial charge in [0.2, 0.25) is 47.3 Å². The van der Waals surface area contributed by atoms with Crippen LogP contribution in [0.15, 0.2) is 64.9 Å². The minimum Gasteiger partial charge on any atom is -0.508 e. The summed E-state index contributed by atoms with van der Waals surface area (Å²) in [6, 6.07) is -3.42. The van der Waals surface area contributed by atoms with E-state index in [1.807, 2.05) is 60.9 Å². The van der Waals surface area contributed by atoms with Crippen molar-refractivity contribution in [2.75, 3.05) is 62.7 Å². The number of amides is 10. The van der Waals surface area contributed by atoms with E-state index in [0.717, 1.165) is 45.8 Å². The van der Waals surface area contributed by atoms with Crippen molar-refractivity contribution in [3.05, 3.63) is 98.0 Å². The van der Waals surface area contributed by atoms with E-state index in [9.17, 15) is 133 Å². The van der Waals surface area contributed by atoms with Crippen LogP contribution in [0.4, 0.5) is 16.4 Å². The number of nitrogen functional groups attached to an aromatic ring is 1. The van der Waals surface area contributed by atoms with Gasteiger partial charge in [0.15, 0.2) is 24.0 Å². The van der Waals surface area contributed by atoms with E-state index < -0.39 is 249 Å². The first-order chi connectivity index (χ1) is 63.9. The van der Waals surface area contributed by atoms with Crippen LogP contribution in [-0.2, 0) is 84.7 Å². The first-order valence-electron chi connectivity index (χ1n) is 42.9. The molecular weight excluding hydrogens is 1840 g/mol. The number of carboxylic acid groups (broad SMARTS) is 3. The van der Waals surface area contributed by atoms with E-state index in [1.165, 1.54) is 66.7 Å². The predicted octanol–water partition coefficient (Wildman–Crippen LogP) is -2.95. The maximum absolute atomic E-state index is 15.1. The topological polar surface area (TPSA) is 764 Å². The number of phenolic OH excluding ortho intramolecular Hbond substituents is 1. The van der Waals surface area contributed by atoms with Crippen LogP contribution in [0, 0.1) is 17.8 Å². The highest BCUT2D eigenvalue weighted by Gasteiger charge is 2.45. The lowest BCUT2D eigenvalue weighted by Gasteiger charge is -2.39. The summed E-state index contributed by atoms with van der Waals surface area (Å²) in [5.74, 6) is -19.4. The number of thiazole rings is 1. The summed E-state index contributed by atoms with van der Waals surface area (Å²) < 4.78 is 16.7. The Hall–Kier alpha value is -12.1. The number of piperidine rings is 1. The molecule has 2 aromatic carbocycles. The number of carboxylic acids is 3. The van der Waals surface area contributed by atoms with E-state index in [1.54, 1.807) is 19.1 Å². The number of aliphatic hydroxyl groups excluding tert-OH is 8. The van der Waals surface area contributed by atoms with Crippen LogP contribution in [0.25, 0.3) is 11.2 Å². The van der Waals surface area contributed by atoms with Crippen molar-refractivity contribution in [3.63, 3.8) is 0 Å². The van der Waals surface area contributed by atoms with Crippen LogP contribution >= 0.6 is 32.9 Å². The van der Waals surface area contributed by atoms with E-state index in [-0.39, 0.29) is 88.9 Å². The normalized spacial score (nSPS) is 16.5. The molecule has 3 aromatic heterocycles. The van der Waals surface area contributed by atoms with Crippen LogP contribution in [0.5, 0.6) is 5.75 Å². The SMILES string of the molecule is CCCC(=O)OCN(C(=O)[C@@H](NC(=O)[C@H]1CCCCN1C)C(C)CC)[C@H](C[C@H](OC(C)=O)c1nc(C(=O)N[C@@H](Cc2ccc(O)cc2)C[C@H](C)C(=O)NNC(=O)OCCSSC[C@@H](NC(=O)C(NC(=O)[C@H](CC(=O)O)NC(=O)C(NC(=O)CC[C@@H](NC(=O)c2ccc(NCc3cnc4nc(N)[nH]c(=O)c4n3)cc2)C(=O)O)[C@@H](O)[C@H](O)[C@H](O)CO)[C@@H](O)[C@H](O)[C@H](O)CO)C(=O)O)cs1)C(C)C. The number of hydrazine groups is 1. The molecule has 135 heavy (non-hydrogen) atoms. The molecule has 4 heterocycles. The lowest BCUT2D eigenvalue weighted by atomic mass is 9.92. The fraction of sp³-hybridized carbons (Fsp3) is 0.566. The molecule has 6 rings (SSSR count). The van der Waals surface area contributed by atoms with E-state index >= 15 is 4.79 Å². The van der Waals surface area contributed by atoms with Crippen molar-refractivity contribution in [2.24, 2.45) is 17.8 Å². The van der Waals surface area contributed by atoms with Gasteiger partial charge in [0.05, 0.1) is 44.1 Å². The van der Waals surface area contributed by atoms with Gasteiger partial charge in [-0.2, -0.15) is 4.98 Å². The number of carbonyl (C=O) groups excluding carboxylic acids is 12. The fourth-order valence-corrected chi connectivity index (χ4v) is 16.5. The molecule has 1 saturated heterocycles. The molecule has 49 nitrogen and oxygen atoms in total. The van der Waals surface area contributed by atoms with Crippen molar-refractivity contribution in [1.29, 1.82) is 0 Å². The molecule has 52 heteroatoms. The number of H-pyrrole nitrogens is 1. The molecule has 0 saturated carbocycles. The molecule has 0 radical (unpaired) electrons. The summed E-state index contributed by atoms with van der Waals surface area (Å²) in [5, 5.41) is 144. The third kappa shape index (κ3) is 35.3. The van der Waals surface area contributed by atoms with E-state index in [4.69, 9.17) is 19.9 Å². The minimum absolute atomic E-state index is 0.000137. The average molecular weight is 1960 g/mol. The Morgan fingerprint density at radius 1 is 0.689 bits per heavy atom. The number of aromatic amines is 1. The number of esters is 2. The van der Waals surface area contributed by atoms with Gasteiger partial charge in [0.25, 0.3) is 17.4 Å². The Labute approximate surface area is 784 Å². The van der Waals surface area contributed by atoms with Crippen molar-refractivity contribution in [2.45, 2.75) is 229 Å². The number of rotatable bonds is 55. The second-order valence-electron chi connectivity index (χ2n) is 32.2. The second-order valence-corrected chi connectivity index (χ2v) is 35.7. The Bertz CT molecular complexity index is 4930. The number of nitrogens with two attached hydrogens (primary N) is 1. The molecule has 3 unspecified atom stereocenters. The van der Waals surface area contributed by atoms with Crippen molar-refractivity contribution in [1.82, 2.24) is 82.8 Å². The zero-order valence-corrected chi connectivity index (χ0v) is 77.4. The Morgan fingerprint density at radius 3 is 1.92 bits per heavy atom. The predicted molar refractivity (Wildman–Crippen MR) is 481 cm³/mol. The number of ether oxygens (including phenoxy) is 3. The number of anilines is 2. The third-order valence-corrected chi connectivity index (χ3v) is 24.8. The van der Waals surface area contributed by atoms with Crippen LogP contribution in [0.3, 0.4) is 0 Å². The van der Waals surface area contributed by atoms with Crippen molar-refractivity contribution < 1.29 is 147 Å². The number of aliphatic carboxylic acids is 3. The number of phenols is 1. The molecule has 1 fully saturated rings. The van der Waals surface area contributed by atoms with E-state index in [2.05, 4.69) is 57.0 Å². The van der Waals surface area contributed by atoms with Gasteiger partial charge in [-0.3, -0.25) is 77.6 Å². The summed E-state index contributed by atoms with van der Waals surface area (Å²) in [6.07, 6.45) is -16.2. The number of aliphatic hydroxyl groups is 8. The number of hydrogen-bond donors (Lipinski definition) is 24. The zero-order chi connectivity index (χ0) is 100. The van der Waals surface area contributed by atoms with Gasteiger partial charge in [-0.05, 0) is 106 Å². The molecule has 0 bridgehead atoms. The van der Waals surface area contributed by atoms with Gasteiger partial charge in [-0.15, -0.1) is 11.3 Å². The number of nitrogens with one attached hydrogen (secondary N) is 11. The van der Waals surface area contributed by atoms with Crippen molar-refractivity contribution >= 4 is 145 Å². The van der Waals surface area contributed by atoms with Crippen LogP contribution < -0.4 is 64.7 Å². The molecule has 25 N–H and O–H groups in total. The summed E-state index contributed by atoms with van der Waals surface area (Å²) >= 11 is 0.974. The highest BCUT2D eigenvalue weighted by Crippen LogP contribution is 2.33. The summed E-state index contributed by atoms with van der Waals surface area (Å²) in [5.41, 5.74) is 10.2. The summed E-state index contributed by atoms with van der Waals surface area (Å²) in [7, 11) is 3.42. The smallest absolute Gasteiger partial charge is 0.426 e. The molecular formula is C83H118N18O31S3. The van der Waals surface area contributed by atoms with Crippen LogP contribution in [0.1, 0.15) is 162 Å². The molecule has 1 aliphatic heterocycles. The lowest BCUT2D eigenvalue weighted by Crippen LogP contribution is -2.65. The quantitative estimate of drug-likeness (QED) is 0.00462. The molecule has 1 aliphatic rings. The number of likely N-dealkylation sites (tertiary alicyclic amines) is 1. The Kier molecular flexibility index (Phi) is 45.5. The van der Waals surface area contributed by atoms with Crippen LogP contribution in [-0.4, -0.2) is 328 Å². The standard InChI is InChI=1S/C83H118N18O31S3/c1-9-13-60(111)131-38-101(79(124)61(40(5)10-2)94-74(120)53-14-11-12-25-100(53)8)54(39(3)4)31-57(132-42(7)104)78-92-51(36-133-78)73(119)88-46(29-43-15-21-48(105)22-16-43)28-41(6)70(116)98-99-83(129)130-26-27-134-135-37-52(81(127)128)91-76(122)63(68(115)66(113)56(107)35-103)95-72(118)50(30-59(109)110)90-75(121)62(67(114)65(112)55(106)34-102)93-58(108)24-23-49(80(125)126)89-71(117)44-17-19-45(20-18-44)85-32-47-33-86-69-64(87-47)77(123)97-82(84)96-69/h15-22,33,36,39-41,46,49-50,52-57,61-63,65-68,85,102-103,105-107,112-115H,9-14,23-32,34-35,37-38H2,1-8H3,(H,88,119)(H,89,117)(H,90,121)(H,91,122)(H,93,108)(H,94,120)(H,95,118)(H,98,116)(H,99,129)(H,109,110)(H,125,126)(H,127,128)(H3,84,86,96,97,123)/t40?,41-,46+,49+,50-,52+,53+,54+,55+,56+,57-,61-,62?,63?,65+,66+,67+,68+/m0/s1. The first kappa shape index (κ1) is 112. The van der Waals surface area contributed by atoms with Gasteiger partial charge < -0.3 is 129 Å². The van der Waals surface area contributed by atoms with Gasteiger partial charge in [0.1, 0.15) is 95.9 Å². The third-order valence-electron chi connectivity index (χ3n) is 21.5. The number of fused-ring (bicyclic) bond motifs is 1. The van der Waals surface area contributed by atoms with E-state index in [0.29, 0.717) is 42.8 Å². The number of nitrogens with zero attached hydrogens (tertiary/aromatic N) is 6. The van der Waals surface area contributed by atoms with Gasteiger partial charge >= 0.3 is 35.9 Å². The number of benzene rings is 2. The van der Waals surface area contributed by atoms with Crippen molar-refractivity contribution in [3.8, 4) is 5.75 Å². The number of aromatic nitrogens is 5. The number of carbonyl (C=O) groups is 15. The number of hydrogen-bond acceptors (Lipinski definition) is 38. The monoisotopic (exact) mass is 1960 g/mol. The molecule has 0 spiro atoms. The number of aromatic hydroxyl groups is 1. The maximum Gasteiger partial charge on any atom is 0.426 e. The zero-order valence-electron chi connectivity index (χ0n) is 75.0. The highest BCUT2D eigenvalue weighted by molar-refractivity contribution is 8.76. The maximum atomic E-state index is 15.1. The lowest BCUT2D eigenvalue weighted by molar-refractivity contribution is -0.160. The summed E-state index contributed by atoms with van der Waals surface area (Å²) in [6.45, 7) is 8.95. The van der Waals surface area contributed by atoms with Gasteiger partial charge in [-0.25, -0.2) is 34.8 Å². The molecule has 744 valence electrons. The Balaban J connectivity index is 1.05. The summed E-state index contributed by atoms with van der Waals surface area (Å²) in [4.78, 5) is 237. The second kappa shape index (κ2) is 55.0. The Morgan fingerprint density at radius 2 is 1.33 bits per heavy atom. The first-order valence-corrected chi connectivity index (χ1v) is 46.3. The van der Waals surface area contributed by atoms with Gasteiger partial charge in [-0.1, -0.05) is 88.1 Å². The average Bonchev–Trinajstić information content (AvgIpc) is 1.77. The molecule has 18 atom stereocenters. The van der Waals surface area contributed by atoms with Gasteiger partial charge in [0, 0.05) is 72.3 Å². The molecule has 10 amide bonds. The largest absolute Gasteiger partial charge is 0.508 e. The minimum atomic E-state index is -2.74. The molecule has 0 aliphatic carbocycles. The van der Waals surface area contributed by atoms with Crippen LogP contribution in [0.2, 0.25) is 0 Å². The highest BCUT2D eigenvalue weighted by atomic mass is 33.1.